The molecular formula is C104H104N2O19. The number of phenolic OH excluding ortho intramolecular Hbond substituents is 3. The number of hydrogen-bond acceptors (Lipinski definition) is 18. The number of carboxylic acids is 2. The van der Waals surface area contributed by atoms with Gasteiger partial charge in [-0.15, -0.1) is 0 Å². The number of rotatable bonds is 37. The van der Waals surface area contributed by atoms with Crippen LogP contribution in [0.3, 0.4) is 0 Å². The first kappa shape index (κ1) is 98.2. The highest BCUT2D eigenvalue weighted by Crippen LogP contribution is 2.34. The molecule has 0 aliphatic heterocycles. The molecule has 2 unspecified atom stereocenters. The first-order chi connectivity index (χ1) is 60.5. The lowest BCUT2D eigenvalue weighted by Gasteiger charge is -2.22. The van der Waals surface area contributed by atoms with Gasteiger partial charge in [-0.2, -0.15) is 0 Å². The van der Waals surface area contributed by atoms with E-state index >= 15 is 0 Å². The number of carbonyl (C=O) groups is 6. The Morgan fingerprint density at radius 3 is 1.17 bits per heavy atom. The largest absolute Gasteiger partial charge is 0.508 e. The number of aliphatic hydroxyl groups excluding tert-OH is 1. The quantitative estimate of drug-likeness (QED) is 0.00626. The number of carboxylic acid groups (broad SMARTS) is 2. The SMILES string of the molecule is C=CCOC(=O)C(=Cc1ccccc1)c1ccc(OCC=C)cc1.C=CCOC(=O)C(c1ccc(OCC=C)cc1)C(O)c1ccccc1.C=CCOC(=O)Cc1ccc(OCC=C)cc1.CN(C)CCOc1ccc(NC(=O)C(=Cc2ccccc2)c2ccc(O)cc2)cc1.O=C(O)C(=Cc1ccccc1)c1ccc(O)cc1.O=C(O)Cc1ccc(O)cc1. The number of aliphatic carboxylic acids is 2. The Kier molecular flexibility index (Phi) is 44.0. The summed E-state index contributed by atoms with van der Waals surface area (Å²) in [5.41, 5.74) is 9.45. The van der Waals surface area contributed by atoms with Crippen molar-refractivity contribution in [3.8, 4) is 40.2 Å². The van der Waals surface area contributed by atoms with Gasteiger partial charge in [-0.1, -0.05) is 270 Å². The Hall–Kier alpha value is -15.6. The first-order valence-electron chi connectivity index (χ1n) is 39.4. The summed E-state index contributed by atoms with van der Waals surface area (Å²) in [6.07, 6.45) is 14.1. The van der Waals surface area contributed by atoms with Gasteiger partial charge in [0.1, 0.15) is 92.4 Å². The van der Waals surface area contributed by atoms with E-state index in [0.717, 1.165) is 57.2 Å². The summed E-state index contributed by atoms with van der Waals surface area (Å²) in [6, 6.07) is 85.4. The van der Waals surface area contributed by atoms with E-state index < -0.39 is 35.9 Å². The maximum atomic E-state index is 13.1. The van der Waals surface area contributed by atoms with E-state index in [1.165, 1.54) is 30.3 Å². The van der Waals surface area contributed by atoms with Crippen molar-refractivity contribution < 1.29 is 92.6 Å². The van der Waals surface area contributed by atoms with Crippen molar-refractivity contribution in [3.05, 3.63) is 423 Å². The number of aliphatic hydroxyl groups is 1. The number of likely N-dealkylation sites (N-methyl/N-ethyl adjacent to an activating group) is 1. The highest BCUT2D eigenvalue weighted by molar-refractivity contribution is 6.29. The van der Waals surface area contributed by atoms with Crippen LogP contribution in [0.2, 0.25) is 0 Å². The van der Waals surface area contributed by atoms with E-state index in [1.807, 2.05) is 208 Å². The number of aromatic hydroxyl groups is 3. The van der Waals surface area contributed by atoms with Crippen molar-refractivity contribution in [2.45, 2.75) is 24.9 Å². The molecule has 644 valence electrons. The van der Waals surface area contributed by atoms with Crippen LogP contribution in [-0.4, -0.2) is 138 Å². The number of ether oxygens (including phenoxy) is 7. The molecule has 0 aliphatic carbocycles. The molecule has 0 heterocycles. The van der Waals surface area contributed by atoms with Gasteiger partial charge in [0.05, 0.1) is 30.1 Å². The number of anilines is 1. The molecular weight excluding hydrogens is 1580 g/mol. The summed E-state index contributed by atoms with van der Waals surface area (Å²) in [5, 5.41) is 58.9. The molecule has 1 amide bonds. The predicted octanol–water partition coefficient (Wildman–Crippen LogP) is 19.4. The molecule has 0 bridgehead atoms. The van der Waals surface area contributed by atoms with Crippen LogP contribution >= 0.6 is 0 Å². The van der Waals surface area contributed by atoms with Crippen molar-refractivity contribution in [2.75, 3.05) is 72.2 Å². The van der Waals surface area contributed by atoms with E-state index in [-0.39, 0.29) is 67.4 Å². The standard InChI is InChI=1S/C25H26N2O3.C21H22O4.C21H20O3.C15H12O3.C14H16O3.C8H8O3/c1-27(2)16-17-30-23-14-10-21(11-15-23)26-25(29)24(18-19-6-4-3-5-7-19)20-8-12-22(28)13-9-20;1-3-14-24-18-12-10-16(11-13-18)19(21(23)25-15-4-2)20(22)17-8-6-5-7-9-17;1-3-14-23-19-12-10-18(11-13-19)20(21(22)24-15-4-2)16-17-8-6-5-7-9-17;16-13-8-6-12(7-9-13)14(15(17)18)10-11-4-2-1-3-5-11;1-3-9-16-13-7-5-12(6-8-13)11-14(15)17-10-4-2;9-7-3-1-6(2-4-7)5-8(10)11/h3-15,18,28H,16-17H2,1-2H3,(H,26,29);3-13,19-20,22H,1-2,14-15H2;3-13,16H,1-2,14-15H2;1-10,16H,(H,17,18);3-8H,1-2,9-11H2;1-4,9H,5H2,(H,10,11). The number of benzene rings is 11. The van der Waals surface area contributed by atoms with Crippen LogP contribution in [0.25, 0.3) is 34.9 Å². The lowest BCUT2D eigenvalue weighted by Crippen LogP contribution is -2.23. The van der Waals surface area contributed by atoms with Gasteiger partial charge in [0.2, 0.25) is 0 Å². The van der Waals surface area contributed by atoms with Crippen LogP contribution in [0.1, 0.15) is 67.7 Å². The fourth-order valence-corrected chi connectivity index (χ4v) is 11.0. The number of phenols is 3. The van der Waals surface area contributed by atoms with E-state index in [0.29, 0.717) is 71.3 Å². The molecule has 125 heavy (non-hydrogen) atoms. The van der Waals surface area contributed by atoms with Crippen LogP contribution in [0.5, 0.6) is 40.2 Å². The van der Waals surface area contributed by atoms with Gasteiger partial charge in [0.15, 0.2) is 0 Å². The molecule has 0 aliphatic rings. The fraction of sp³-hybridized carbons (Fsp3) is 0.135. The second-order valence-electron chi connectivity index (χ2n) is 27.0. The number of amides is 1. The van der Waals surface area contributed by atoms with Gasteiger partial charge in [0.25, 0.3) is 5.91 Å². The molecule has 0 fully saturated rings. The second kappa shape index (κ2) is 56.0. The highest BCUT2D eigenvalue weighted by Gasteiger charge is 2.31. The van der Waals surface area contributed by atoms with Crippen molar-refractivity contribution >= 4 is 76.4 Å². The van der Waals surface area contributed by atoms with Crippen LogP contribution in [0.4, 0.5) is 5.69 Å². The number of nitrogens with zero attached hydrogens (tertiary/aromatic N) is 1. The molecule has 11 aromatic rings. The third kappa shape index (κ3) is 37.7. The lowest BCUT2D eigenvalue weighted by molar-refractivity contribution is -0.147. The molecule has 0 saturated carbocycles. The minimum Gasteiger partial charge on any atom is -0.508 e. The number of carbonyl (C=O) groups excluding carboxylic acids is 4. The van der Waals surface area contributed by atoms with E-state index in [2.05, 4.69) is 49.7 Å². The molecule has 7 N–H and O–H groups in total. The zero-order valence-electron chi connectivity index (χ0n) is 69.8. The maximum absolute atomic E-state index is 13.1. The van der Waals surface area contributed by atoms with E-state index in [9.17, 15) is 49.2 Å². The maximum Gasteiger partial charge on any atom is 0.339 e. The minimum atomic E-state index is -1.02. The molecule has 0 radical (unpaired) electrons. The average Bonchev–Trinajstić information content (AvgIpc) is 0.830. The monoisotopic (exact) mass is 1680 g/mol. The van der Waals surface area contributed by atoms with Gasteiger partial charge in [-0.05, 0) is 185 Å². The van der Waals surface area contributed by atoms with Crippen LogP contribution in [-0.2, 0) is 55.8 Å². The van der Waals surface area contributed by atoms with Crippen LogP contribution in [0, 0.1) is 0 Å². The molecule has 0 spiro atoms. The fourth-order valence-electron chi connectivity index (χ4n) is 11.0. The molecule has 21 nitrogen and oxygen atoms in total. The summed E-state index contributed by atoms with van der Waals surface area (Å²) in [4.78, 5) is 72.8. The van der Waals surface area contributed by atoms with Gasteiger partial charge in [-0.25, -0.2) is 9.59 Å². The van der Waals surface area contributed by atoms with Crippen molar-refractivity contribution in [1.82, 2.24) is 4.90 Å². The summed E-state index contributed by atoms with van der Waals surface area (Å²) < 4.78 is 37.2. The smallest absolute Gasteiger partial charge is 0.339 e. The summed E-state index contributed by atoms with van der Waals surface area (Å²) in [6.45, 7) is 24.6. The van der Waals surface area contributed by atoms with Crippen molar-refractivity contribution in [2.24, 2.45) is 0 Å². The Morgan fingerprint density at radius 2 is 0.728 bits per heavy atom. The van der Waals surface area contributed by atoms with Gasteiger partial charge in [0, 0.05) is 17.8 Å². The van der Waals surface area contributed by atoms with E-state index in [1.54, 1.807) is 121 Å². The Bertz CT molecular complexity index is 5250. The summed E-state index contributed by atoms with van der Waals surface area (Å²) >= 11 is 0. The van der Waals surface area contributed by atoms with Crippen LogP contribution in [0.15, 0.2) is 367 Å². The normalized spacial score (nSPS) is 11.1. The van der Waals surface area contributed by atoms with Crippen molar-refractivity contribution in [3.63, 3.8) is 0 Å². The van der Waals surface area contributed by atoms with E-state index in [4.69, 9.17) is 43.4 Å². The predicted molar refractivity (Wildman–Crippen MR) is 493 cm³/mol. The Labute approximate surface area is 730 Å². The molecule has 21 heteroatoms. The molecule has 0 saturated heterocycles. The van der Waals surface area contributed by atoms with Gasteiger partial charge in [-0.3, -0.25) is 19.2 Å². The summed E-state index contributed by atoms with van der Waals surface area (Å²) in [5.74, 6) is -0.763. The lowest BCUT2D eigenvalue weighted by atomic mass is 9.89. The summed E-state index contributed by atoms with van der Waals surface area (Å²) in [7, 11) is 3.99. The third-order valence-electron chi connectivity index (χ3n) is 17.1. The Balaban J connectivity index is 0.000000237. The average molecular weight is 1690 g/mol. The topological polar surface area (TPSA) is 304 Å². The molecule has 11 aromatic carbocycles. The third-order valence-corrected chi connectivity index (χ3v) is 17.1. The molecule has 2 atom stereocenters. The molecule has 11 rings (SSSR count). The first-order valence-corrected chi connectivity index (χ1v) is 39.4. The number of nitrogens with one attached hydrogen (secondary N) is 1. The molecule has 0 aromatic heterocycles. The van der Waals surface area contributed by atoms with Crippen LogP contribution < -0.4 is 24.3 Å². The minimum absolute atomic E-state index is 0.000278. The Morgan fingerprint density at radius 1 is 0.376 bits per heavy atom. The van der Waals surface area contributed by atoms with Gasteiger partial charge >= 0.3 is 29.8 Å². The van der Waals surface area contributed by atoms with Crippen molar-refractivity contribution in [1.29, 1.82) is 0 Å². The second-order valence-corrected chi connectivity index (χ2v) is 27.0. The zero-order valence-corrected chi connectivity index (χ0v) is 69.8. The number of hydrogen-bond donors (Lipinski definition) is 7. The highest BCUT2D eigenvalue weighted by atomic mass is 16.5. The number of esters is 3. The zero-order chi connectivity index (χ0) is 90.4. The van der Waals surface area contributed by atoms with Gasteiger partial charge < -0.3 is 74.0 Å².